The summed E-state index contributed by atoms with van der Waals surface area (Å²) in [6.07, 6.45) is 6.78. The first-order chi connectivity index (χ1) is 12.7. The summed E-state index contributed by atoms with van der Waals surface area (Å²) in [5, 5.41) is 33.6. The van der Waals surface area contributed by atoms with Crippen LogP contribution in [-0.2, 0) is 6.42 Å². The van der Waals surface area contributed by atoms with Crippen molar-refractivity contribution in [2.75, 3.05) is 0 Å². The minimum Gasteiger partial charge on any atom is -0.508 e. The van der Waals surface area contributed by atoms with Gasteiger partial charge in [0, 0.05) is 11.3 Å². The summed E-state index contributed by atoms with van der Waals surface area (Å²) in [6.45, 7) is 0. The smallest absolute Gasteiger partial charge is 0.156 e. The first-order valence-corrected chi connectivity index (χ1v) is 9.35. The van der Waals surface area contributed by atoms with Crippen molar-refractivity contribution in [2.45, 2.75) is 36.8 Å². The van der Waals surface area contributed by atoms with E-state index in [0.717, 1.165) is 23.4 Å². The molecule has 2 N–H and O–H groups in total. The molecule has 7 nitrogen and oxygen atoms in total. The van der Waals surface area contributed by atoms with Gasteiger partial charge in [0.2, 0.25) is 0 Å². The number of aromatic hydroxyl groups is 1. The molecule has 0 amide bonds. The highest BCUT2D eigenvalue weighted by molar-refractivity contribution is 7.17. The lowest BCUT2D eigenvalue weighted by atomic mass is 9.84. The summed E-state index contributed by atoms with van der Waals surface area (Å²) in [5.74, 6) is 0.664. The van der Waals surface area contributed by atoms with Crippen LogP contribution < -0.4 is 0 Å². The number of thiazole rings is 1. The van der Waals surface area contributed by atoms with Crippen LogP contribution in [0.3, 0.4) is 0 Å². The molecule has 0 saturated heterocycles. The fourth-order valence-corrected chi connectivity index (χ4v) is 4.79. The van der Waals surface area contributed by atoms with Gasteiger partial charge in [-0.05, 0) is 35.6 Å². The van der Waals surface area contributed by atoms with Crippen LogP contribution in [0.2, 0.25) is 0 Å². The Balaban J connectivity index is 1.61. The molecule has 2 aliphatic rings. The van der Waals surface area contributed by atoms with Crippen molar-refractivity contribution in [1.82, 2.24) is 9.38 Å². The molecule has 2 unspecified atom stereocenters. The van der Waals surface area contributed by atoms with Gasteiger partial charge in [-0.2, -0.15) is 5.11 Å². The predicted molar refractivity (Wildman–Crippen MR) is 97.9 cm³/mol. The summed E-state index contributed by atoms with van der Waals surface area (Å²) >= 11 is 1.67. The van der Waals surface area contributed by atoms with Crippen LogP contribution in [0.5, 0.6) is 5.75 Å². The molecule has 1 fully saturated rings. The zero-order valence-corrected chi connectivity index (χ0v) is 14.7. The van der Waals surface area contributed by atoms with Crippen molar-refractivity contribution in [3.8, 4) is 5.75 Å². The molecule has 8 heteroatoms. The number of imidazole rings is 1. The summed E-state index contributed by atoms with van der Waals surface area (Å²) < 4.78 is 1.94. The highest BCUT2D eigenvalue weighted by Gasteiger charge is 2.45. The fourth-order valence-electron chi connectivity index (χ4n) is 3.49. The summed E-state index contributed by atoms with van der Waals surface area (Å²) in [7, 11) is 0. The topological polar surface area (TPSA) is 94.8 Å². The second-order valence-corrected chi connectivity index (χ2v) is 7.92. The van der Waals surface area contributed by atoms with Crippen molar-refractivity contribution in [2.24, 2.45) is 15.4 Å². The van der Waals surface area contributed by atoms with Crippen molar-refractivity contribution < 1.29 is 10.2 Å². The zero-order chi connectivity index (χ0) is 17.7. The Bertz CT molecular complexity index is 1020. The molecule has 1 aromatic carbocycles. The average Bonchev–Trinajstić information content (AvgIpc) is 3.05. The molecule has 132 valence electrons. The molecular formula is C18H17N5O2S. The van der Waals surface area contributed by atoms with Gasteiger partial charge in [-0.3, -0.25) is 4.40 Å². The normalized spacial score (nSPS) is 23.1. The van der Waals surface area contributed by atoms with Gasteiger partial charge in [0.15, 0.2) is 5.54 Å². The second kappa shape index (κ2) is 5.72. The minimum absolute atomic E-state index is 0.176. The van der Waals surface area contributed by atoms with Gasteiger partial charge in [0.05, 0.1) is 18.1 Å². The number of hydrogen-bond donors (Lipinski definition) is 2. The standard InChI is InChI=1S/C18H17N5O2S/c24-13-4-2-1-3-12(13)7-18(9-20-22-21-18)17(25)15-16(11-5-6-11)26-14-8-19-10-23(14)15/h1-4,8-11,17,24-25H,5-7H2. The fraction of sp³-hybridized carbons (Fsp3) is 0.333. The van der Waals surface area contributed by atoms with Crippen LogP contribution in [0, 0.1) is 0 Å². The van der Waals surface area contributed by atoms with E-state index in [1.165, 1.54) is 4.88 Å². The highest BCUT2D eigenvalue weighted by Crippen LogP contribution is 2.49. The number of aliphatic hydroxyl groups is 1. The summed E-state index contributed by atoms with van der Waals surface area (Å²) in [6, 6.07) is 7.08. The number of nitrogens with zero attached hydrogens (tertiary/aromatic N) is 5. The average molecular weight is 367 g/mol. The number of benzene rings is 1. The van der Waals surface area contributed by atoms with Crippen LogP contribution in [0.1, 0.15) is 41.0 Å². The number of aromatic nitrogens is 2. The van der Waals surface area contributed by atoms with E-state index in [1.807, 2.05) is 22.7 Å². The molecule has 0 radical (unpaired) electrons. The number of phenols is 1. The molecule has 0 spiro atoms. The number of aliphatic hydroxyl groups excluding tert-OH is 1. The largest absolute Gasteiger partial charge is 0.508 e. The van der Waals surface area contributed by atoms with Gasteiger partial charge in [0.25, 0.3) is 0 Å². The Morgan fingerprint density at radius 2 is 2.15 bits per heavy atom. The summed E-state index contributed by atoms with van der Waals surface area (Å²) in [5.41, 5.74) is 0.470. The van der Waals surface area contributed by atoms with Crippen LogP contribution in [0.25, 0.3) is 4.83 Å². The maximum absolute atomic E-state index is 11.4. The Morgan fingerprint density at radius 3 is 2.88 bits per heavy atom. The van der Waals surface area contributed by atoms with Gasteiger partial charge < -0.3 is 10.2 Å². The van der Waals surface area contributed by atoms with Crippen molar-refractivity contribution in [3.63, 3.8) is 0 Å². The molecule has 1 aliphatic carbocycles. The van der Waals surface area contributed by atoms with Crippen molar-refractivity contribution in [3.05, 3.63) is 52.9 Å². The Hall–Kier alpha value is -2.58. The molecule has 3 aromatic rings. The van der Waals surface area contributed by atoms with E-state index in [1.54, 1.807) is 36.0 Å². The SMILES string of the molecule is Oc1ccccc1CC1(C(O)c2c(C3CC3)sc3cncn23)C=NN=N1. The van der Waals surface area contributed by atoms with Gasteiger partial charge in [-0.25, -0.2) is 4.98 Å². The van der Waals surface area contributed by atoms with Crippen LogP contribution >= 0.6 is 11.3 Å². The lowest BCUT2D eigenvalue weighted by molar-refractivity contribution is 0.116. The molecule has 3 heterocycles. The molecule has 1 saturated carbocycles. The quantitative estimate of drug-likeness (QED) is 0.723. The number of phenolic OH excluding ortho intramolecular Hbond substituents is 1. The lowest BCUT2D eigenvalue weighted by Crippen LogP contribution is -2.38. The lowest BCUT2D eigenvalue weighted by Gasteiger charge is -2.28. The number of para-hydroxylation sites is 1. The first-order valence-electron chi connectivity index (χ1n) is 8.54. The highest BCUT2D eigenvalue weighted by atomic mass is 32.1. The van der Waals surface area contributed by atoms with Crippen LogP contribution in [0.15, 0.2) is 52.2 Å². The van der Waals surface area contributed by atoms with Gasteiger partial charge in [0.1, 0.15) is 23.0 Å². The Kier molecular flexibility index (Phi) is 3.44. The molecule has 2 aromatic heterocycles. The minimum atomic E-state index is -1.04. The molecule has 0 bridgehead atoms. The maximum Gasteiger partial charge on any atom is 0.156 e. The Labute approximate surface area is 153 Å². The Morgan fingerprint density at radius 1 is 1.31 bits per heavy atom. The predicted octanol–water partition coefficient (Wildman–Crippen LogP) is 3.45. The van der Waals surface area contributed by atoms with E-state index in [-0.39, 0.29) is 5.75 Å². The van der Waals surface area contributed by atoms with E-state index in [2.05, 4.69) is 20.4 Å². The molecule has 2 atom stereocenters. The maximum atomic E-state index is 11.4. The van der Waals surface area contributed by atoms with Crippen molar-refractivity contribution in [1.29, 1.82) is 0 Å². The van der Waals surface area contributed by atoms with E-state index in [9.17, 15) is 10.2 Å². The third kappa shape index (κ3) is 2.37. The monoisotopic (exact) mass is 367 g/mol. The van der Waals surface area contributed by atoms with Crippen LogP contribution in [-0.4, -0.2) is 31.4 Å². The van der Waals surface area contributed by atoms with E-state index >= 15 is 0 Å². The molecule has 5 rings (SSSR count). The zero-order valence-electron chi connectivity index (χ0n) is 13.9. The molecular weight excluding hydrogens is 350 g/mol. The van der Waals surface area contributed by atoms with Gasteiger partial charge in [-0.1, -0.05) is 18.2 Å². The molecule has 1 aliphatic heterocycles. The number of rotatable bonds is 5. The van der Waals surface area contributed by atoms with Gasteiger partial charge in [-0.15, -0.1) is 16.4 Å². The third-order valence-corrected chi connectivity index (χ3v) is 6.31. The van der Waals surface area contributed by atoms with Crippen LogP contribution in [0.4, 0.5) is 0 Å². The number of fused-ring (bicyclic) bond motifs is 1. The van der Waals surface area contributed by atoms with E-state index in [0.29, 0.717) is 17.9 Å². The van der Waals surface area contributed by atoms with E-state index < -0.39 is 11.6 Å². The third-order valence-electron chi connectivity index (χ3n) is 5.04. The van der Waals surface area contributed by atoms with Gasteiger partial charge >= 0.3 is 0 Å². The summed E-state index contributed by atoms with van der Waals surface area (Å²) in [4.78, 5) is 6.39. The van der Waals surface area contributed by atoms with Crippen molar-refractivity contribution >= 4 is 22.4 Å². The second-order valence-electron chi connectivity index (χ2n) is 6.86. The molecule has 26 heavy (non-hydrogen) atoms. The number of hydrogen-bond acceptors (Lipinski definition) is 7. The first kappa shape index (κ1) is 15.7. The van der Waals surface area contributed by atoms with E-state index in [4.69, 9.17) is 0 Å².